The van der Waals surface area contributed by atoms with Gasteiger partial charge in [-0.3, -0.25) is 14.6 Å². The van der Waals surface area contributed by atoms with Crippen molar-refractivity contribution in [2.45, 2.75) is 13.1 Å². The highest BCUT2D eigenvalue weighted by atomic mass is 16.5. The lowest BCUT2D eigenvalue weighted by Crippen LogP contribution is -2.49. The van der Waals surface area contributed by atoms with Gasteiger partial charge in [-0.1, -0.05) is 30.3 Å². The average molecular weight is 398 g/mol. The van der Waals surface area contributed by atoms with Gasteiger partial charge in [-0.05, 0) is 23.8 Å². The maximum atomic E-state index is 12.7. The first-order valence-electron chi connectivity index (χ1n) is 10.0. The minimum Gasteiger partial charge on any atom is -0.497 e. The summed E-state index contributed by atoms with van der Waals surface area (Å²) in [7, 11) is 5.20. The van der Waals surface area contributed by atoms with Gasteiger partial charge in [0.05, 0.1) is 20.8 Å². The van der Waals surface area contributed by atoms with Gasteiger partial charge >= 0.3 is 0 Å². The Bertz CT molecular complexity index is 786. The summed E-state index contributed by atoms with van der Waals surface area (Å²) in [6.45, 7) is 5.70. The number of carbonyl (C=O) groups excluding carboxylic acids is 1. The molecule has 0 radical (unpaired) electrons. The van der Waals surface area contributed by atoms with Crippen LogP contribution in [-0.4, -0.2) is 74.6 Å². The summed E-state index contributed by atoms with van der Waals surface area (Å²) >= 11 is 0. The van der Waals surface area contributed by atoms with Crippen LogP contribution in [0.15, 0.2) is 48.5 Å². The zero-order valence-electron chi connectivity index (χ0n) is 17.6. The largest absolute Gasteiger partial charge is 0.497 e. The predicted octanol–water partition coefficient (Wildman–Crippen LogP) is 2.48. The molecule has 0 aromatic heterocycles. The third-order valence-electron chi connectivity index (χ3n) is 5.41. The van der Waals surface area contributed by atoms with Crippen molar-refractivity contribution in [3.8, 4) is 11.5 Å². The number of benzene rings is 2. The SMILES string of the molecule is COc1ccc(CN2CCN(CC(=O)N(C)Cc3ccccc3OC)CC2)cc1. The summed E-state index contributed by atoms with van der Waals surface area (Å²) in [5.41, 5.74) is 2.31. The van der Waals surface area contributed by atoms with E-state index in [9.17, 15) is 4.79 Å². The third-order valence-corrected chi connectivity index (χ3v) is 5.41. The van der Waals surface area contributed by atoms with Crippen molar-refractivity contribution in [1.29, 1.82) is 0 Å². The van der Waals surface area contributed by atoms with Gasteiger partial charge in [-0.2, -0.15) is 0 Å². The molecular formula is C23H31N3O3. The van der Waals surface area contributed by atoms with Gasteiger partial charge in [0.25, 0.3) is 0 Å². The van der Waals surface area contributed by atoms with Crippen LogP contribution in [-0.2, 0) is 17.9 Å². The van der Waals surface area contributed by atoms with Crippen LogP contribution in [0.1, 0.15) is 11.1 Å². The lowest BCUT2D eigenvalue weighted by Gasteiger charge is -2.35. The van der Waals surface area contributed by atoms with E-state index in [-0.39, 0.29) is 5.91 Å². The number of rotatable bonds is 8. The number of carbonyl (C=O) groups is 1. The molecule has 156 valence electrons. The fraction of sp³-hybridized carbons (Fsp3) is 0.435. The Hall–Kier alpha value is -2.57. The zero-order chi connectivity index (χ0) is 20.6. The molecule has 2 aromatic carbocycles. The van der Waals surface area contributed by atoms with Crippen molar-refractivity contribution in [2.24, 2.45) is 0 Å². The van der Waals surface area contributed by atoms with Crippen LogP contribution in [0.5, 0.6) is 11.5 Å². The van der Waals surface area contributed by atoms with Gasteiger partial charge in [-0.25, -0.2) is 0 Å². The number of hydrogen-bond acceptors (Lipinski definition) is 5. The van der Waals surface area contributed by atoms with E-state index in [0.717, 1.165) is 49.8 Å². The van der Waals surface area contributed by atoms with Crippen molar-refractivity contribution >= 4 is 5.91 Å². The molecule has 1 aliphatic rings. The Morgan fingerprint density at radius 2 is 1.59 bits per heavy atom. The van der Waals surface area contributed by atoms with Gasteiger partial charge in [0.15, 0.2) is 0 Å². The molecule has 1 heterocycles. The first-order valence-corrected chi connectivity index (χ1v) is 10.0. The second kappa shape index (κ2) is 10.3. The number of methoxy groups -OCH3 is 2. The van der Waals surface area contributed by atoms with Gasteiger partial charge in [0.2, 0.25) is 5.91 Å². The van der Waals surface area contributed by atoms with Crippen molar-refractivity contribution in [3.05, 3.63) is 59.7 Å². The Morgan fingerprint density at radius 1 is 0.931 bits per heavy atom. The van der Waals surface area contributed by atoms with Crippen molar-refractivity contribution in [3.63, 3.8) is 0 Å². The molecule has 0 N–H and O–H groups in total. The lowest BCUT2D eigenvalue weighted by molar-refractivity contribution is -0.132. The minimum absolute atomic E-state index is 0.138. The lowest BCUT2D eigenvalue weighted by atomic mass is 10.2. The van der Waals surface area contributed by atoms with Crippen LogP contribution >= 0.6 is 0 Å². The van der Waals surface area contributed by atoms with E-state index in [2.05, 4.69) is 21.9 Å². The fourth-order valence-corrected chi connectivity index (χ4v) is 3.58. The van der Waals surface area contributed by atoms with Gasteiger partial charge in [-0.15, -0.1) is 0 Å². The number of nitrogens with zero attached hydrogens (tertiary/aromatic N) is 3. The summed E-state index contributed by atoms with van der Waals surface area (Å²) in [5, 5.41) is 0. The number of ether oxygens (including phenoxy) is 2. The summed E-state index contributed by atoms with van der Waals surface area (Å²) in [4.78, 5) is 19.1. The topological polar surface area (TPSA) is 45.2 Å². The molecule has 0 saturated carbocycles. The van der Waals surface area contributed by atoms with Crippen LogP contribution in [0.3, 0.4) is 0 Å². The number of para-hydroxylation sites is 1. The van der Waals surface area contributed by atoms with Crippen molar-refractivity contribution in [1.82, 2.24) is 14.7 Å². The molecule has 1 fully saturated rings. The standard InChI is InChI=1S/C23H31N3O3/c1-24(17-20-6-4-5-7-22(20)29-3)23(27)18-26-14-12-25(13-15-26)16-19-8-10-21(28-2)11-9-19/h4-11H,12-18H2,1-3H3. The number of amides is 1. The van der Waals surface area contributed by atoms with Crippen molar-refractivity contribution in [2.75, 3.05) is 54.0 Å². The fourth-order valence-electron chi connectivity index (χ4n) is 3.58. The summed E-state index contributed by atoms with van der Waals surface area (Å²) in [6, 6.07) is 16.1. The van der Waals surface area contributed by atoms with Crippen LogP contribution in [0.4, 0.5) is 0 Å². The summed E-state index contributed by atoms with van der Waals surface area (Å²) < 4.78 is 10.6. The summed E-state index contributed by atoms with van der Waals surface area (Å²) in [5.74, 6) is 1.84. The normalized spacial score (nSPS) is 15.1. The highest BCUT2D eigenvalue weighted by molar-refractivity contribution is 5.78. The first-order chi connectivity index (χ1) is 14.1. The summed E-state index contributed by atoms with van der Waals surface area (Å²) in [6.07, 6.45) is 0. The van der Waals surface area contributed by atoms with E-state index in [4.69, 9.17) is 9.47 Å². The Kier molecular flexibility index (Phi) is 7.49. The predicted molar refractivity (Wildman–Crippen MR) is 114 cm³/mol. The second-order valence-electron chi connectivity index (χ2n) is 7.46. The highest BCUT2D eigenvalue weighted by Gasteiger charge is 2.21. The molecular weight excluding hydrogens is 366 g/mol. The molecule has 1 amide bonds. The van der Waals surface area contributed by atoms with E-state index >= 15 is 0 Å². The van der Waals surface area contributed by atoms with E-state index in [1.807, 2.05) is 43.4 Å². The Morgan fingerprint density at radius 3 is 2.24 bits per heavy atom. The van der Waals surface area contributed by atoms with E-state index < -0.39 is 0 Å². The maximum absolute atomic E-state index is 12.7. The molecule has 6 nitrogen and oxygen atoms in total. The number of likely N-dealkylation sites (N-methyl/N-ethyl adjacent to an activating group) is 1. The highest BCUT2D eigenvalue weighted by Crippen LogP contribution is 2.19. The monoisotopic (exact) mass is 397 g/mol. The molecule has 2 aromatic rings. The molecule has 0 bridgehead atoms. The van der Waals surface area contributed by atoms with Crippen molar-refractivity contribution < 1.29 is 14.3 Å². The van der Waals surface area contributed by atoms with Crippen LogP contribution in [0, 0.1) is 0 Å². The molecule has 0 unspecified atom stereocenters. The molecule has 1 aliphatic heterocycles. The van der Waals surface area contributed by atoms with Crippen LogP contribution in [0.25, 0.3) is 0 Å². The van der Waals surface area contributed by atoms with Gasteiger partial charge in [0.1, 0.15) is 11.5 Å². The minimum atomic E-state index is 0.138. The van der Waals surface area contributed by atoms with Crippen LogP contribution < -0.4 is 9.47 Å². The molecule has 3 rings (SSSR count). The van der Waals surface area contributed by atoms with E-state index in [0.29, 0.717) is 13.1 Å². The Labute approximate surface area is 173 Å². The molecule has 0 aliphatic carbocycles. The second-order valence-corrected chi connectivity index (χ2v) is 7.46. The Balaban J connectivity index is 1.44. The van der Waals surface area contributed by atoms with Crippen LogP contribution in [0.2, 0.25) is 0 Å². The van der Waals surface area contributed by atoms with Gasteiger partial charge < -0.3 is 14.4 Å². The van der Waals surface area contributed by atoms with E-state index in [1.165, 1.54) is 5.56 Å². The molecule has 6 heteroatoms. The maximum Gasteiger partial charge on any atom is 0.236 e. The number of hydrogen-bond donors (Lipinski definition) is 0. The molecule has 1 saturated heterocycles. The zero-order valence-corrected chi connectivity index (χ0v) is 17.6. The first kappa shape index (κ1) is 21.1. The number of piperazine rings is 1. The van der Waals surface area contributed by atoms with E-state index in [1.54, 1.807) is 19.1 Å². The average Bonchev–Trinajstić information content (AvgIpc) is 2.76. The molecule has 0 spiro atoms. The van der Waals surface area contributed by atoms with Gasteiger partial charge in [0, 0.05) is 51.9 Å². The molecule has 29 heavy (non-hydrogen) atoms. The molecule has 0 atom stereocenters. The smallest absolute Gasteiger partial charge is 0.236 e. The quantitative estimate of drug-likeness (QED) is 0.685. The third kappa shape index (κ3) is 5.95.